The van der Waals surface area contributed by atoms with Crippen LogP contribution in [0.5, 0.6) is 0 Å². The maximum atomic E-state index is 4.42. The van der Waals surface area contributed by atoms with Crippen LogP contribution in [-0.4, -0.2) is 36.1 Å². The summed E-state index contributed by atoms with van der Waals surface area (Å²) in [5.74, 6) is 9.06. The van der Waals surface area contributed by atoms with Crippen LogP contribution in [0, 0.1) is 0 Å². The molecule has 18 heavy (non-hydrogen) atoms. The lowest BCUT2D eigenvalue weighted by atomic mass is 10.2. The van der Waals surface area contributed by atoms with Crippen molar-refractivity contribution < 1.29 is 0 Å². The number of hydrazine groups is 1. The Kier molecular flexibility index (Phi) is 4.40. The molecule has 3 rings (SSSR count). The van der Waals surface area contributed by atoms with Gasteiger partial charge in [-0.15, -0.1) is 0 Å². The molecule has 0 aliphatic carbocycles. The largest absolute Gasteiger partial charge is 0.353 e. The fraction of sp³-hybridized carbons (Fsp3) is 0.333. The highest BCUT2D eigenvalue weighted by atomic mass is 15.2. The van der Waals surface area contributed by atoms with Gasteiger partial charge in [0.15, 0.2) is 0 Å². The predicted molar refractivity (Wildman–Crippen MR) is 73.0 cm³/mol. The molecule has 1 fully saturated rings. The number of nitrogens with two attached hydrogens (primary N) is 2. The van der Waals surface area contributed by atoms with Crippen LogP contribution in [0.15, 0.2) is 30.6 Å². The number of nitrogens with zero attached hydrogens (tertiary/aromatic N) is 3. The zero-order valence-electron chi connectivity index (χ0n) is 10.2. The molecule has 0 bridgehead atoms. The normalized spacial score (nSPS) is 15.1. The summed E-state index contributed by atoms with van der Waals surface area (Å²) in [6.45, 7) is 4.08. The lowest BCUT2D eigenvalue weighted by molar-refractivity contribution is 0.586. The summed E-state index contributed by atoms with van der Waals surface area (Å²) >= 11 is 0. The number of para-hydroxylation sites is 1. The van der Waals surface area contributed by atoms with E-state index in [0.29, 0.717) is 0 Å². The molecule has 1 saturated heterocycles. The van der Waals surface area contributed by atoms with Crippen LogP contribution >= 0.6 is 0 Å². The minimum absolute atomic E-state index is 1.01. The van der Waals surface area contributed by atoms with Crippen molar-refractivity contribution in [1.29, 1.82) is 0 Å². The molecule has 6 nitrogen and oxygen atoms in total. The predicted octanol–water partition coefficient (Wildman–Crippen LogP) is -0.142. The first-order chi connectivity index (χ1) is 8.95. The fourth-order valence-electron chi connectivity index (χ4n) is 2.12. The van der Waals surface area contributed by atoms with E-state index in [4.69, 9.17) is 0 Å². The third-order valence-electron chi connectivity index (χ3n) is 2.94. The molecule has 96 valence electrons. The summed E-state index contributed by atoms with van der Waals surface area (Å²) in [6.07, 6.45) is 1.65. The van der Waals surface area contributed by atoms with Crippen LogP contribution in [0.25, 0.3) is 10.9 Å². The molecule has 1 aromatic carbocycles. The van der Waals surface area contributed by atoms with Gasteiger partial charge in [-0.05, 0) is 12.1 Å². The Labute approximate surface area is 106 Å². The van der Waals surface area contributed by atoms with Crippen molar-refractivity contribution in [3.63, 3.8) is 0 Å². The summed E-state index contributed by atoms with van der Waals surface area (Å²) in [5.41, 5.74) is 1.02. The second kappa shape index (κ2) is 6.25. The Morgan fingerprint density at radius 2 is 1.78 bits per heavy atom. The number of rotatable bonds is 1. The lowest BCUT2D eigenvalue weighted by Crippen LogP contribution is -2.44. The number of hydrogen-bond acceptors (Lipinski definition) is 6. The van der Waals surface area contributed by atoms with Crippen LogP contribution < -0.4 is 21.9 Å². The molecule has 0 saturated carbocycles. The van der Waals surface area contributed by atoms with Crippen molar-refractivity contribution in [2.45, 2.75) is 0 Å². The van der Waals surface area contributed by atoms with Gasteiger partial charge in [0.1, 0.15) is 12.1 Å². The Bertz CT molecular complexity index is 489. The summed E-state index contributed by atoms with van der Waals surface area (Å²) in [4.78, 5) is 11.0. The molecular formula is C12H18N6. The average Bonchev–Trinajstić information content (AvgIpc) is 2.50. The summed E-state index contributed by atoms with van der Waals surface area (Å²) < 4.78 is 0. The van der Waals surface area contributed by atoms with Crippen molar-refractivity contribution in [2.75, 3.05) is 31.1 Å². The van der Waals surface area contributed by atoms with E-state index < -0.39 is 0 Å². The van der Waals surface area contributed by atoms with E-state index in [0.717, 1.165) is 42.9 Å². The van der Waals surface area contributed by atoms with Gasteiger partial charge in [0, 0.05) is 31.6 Å². The van der Waals surface area contributed by atoms with Gasteiger partial charge >= 0.3 is 0 Å². The molecule has 1 aromatic heterocycles. The molecule has 0 unspecified atom stereocenters. The Hall–Kier alpha value is -1.76. The molecule has 5 N–H and O–H groups in total. The van der Waals surface area contributed by atoms with E-state index in [1.807, 2.05) is 18.2 Å². The third-order valence-corrected chi connectivity index (χ3v) is 2.94. The second-order valence-corrected chi connectivity index (χ2v) is 3.95. The molecule has 0 atom stereocenters. The van der Waals surface area contributed by atoms with Crippen molar-refractivity contribution >= 4 is 16.7 Å². The van der Waals surface area contributed by atoms with Crippen LogP contribution in [0.4, 0.5) is 5.82 Å². The molecule has 0 radical (unpaired) electrons. The summed E-state index contributed by atoms with van der Waals surface area (Å²) in [5, 5.41) is 4.49. The zero-order chi connectivity index (χ0) is 12.8. The maximum Gasteiger partial charge on any atom is 0.139 e. The Morgan fingerprint density at radius 1 is 1.06 bits per heavy atom. The van der Waals surface area contributed by atoms with Gasteiger partial charge in [0.25, 0.3) is 0 Å². The number of hydrogen-bond donors (Lipinski definition) is 3. The first-order valence-electron chi connectivity index (χ1n) is 5.94. The van der Waals surface area contributed by atoms with Crippen LogP contribution in [-0.2, 0) is 0 Å². The van der Waals surface area contributed by atoms with Crippen molar-refractivity contribution in [1.82, 2.24) is 15.3 Å². The molecule has 2 aromatic rings. The fourth-order valence-corrected chi connectivity index (χ4v) is 2.12. The minimum atomic E-state index is 1.01. The second-order valence-electron chi connectivity index (χ2n) is 3.95. The number of fused-ring (bicyclic) bond motifs is 1. The Morgan fingerprint density at radius 3 is 2.56 bits per heavy atom. The minimum Gasteiger partial charge on any atom is -0.353 e. The smallest absolute Gasteiger partial charge is 0.139 e. The molecule has 0 amide bonds. The van der Waals surface area contributed by atoms with Crippen molar-refractivity contribution in [3.05, 3.63) is 30.6 Å². The molecule has 0 spiro atoms. The average molecular weight is 246 g/mol. The number of piperazine rings is 1. The highest BCUT2D eigenvalue weighted by Gasteiger charge is 2.14. The topological polar surface area (TPSA) is 93.1 Å². The number of nitrogens with one attached hydrogen (secondary N) is 1. The van der Waals surface area contributed by atoms with Gasteiger partial charge in [-0.3, -0.25) is 11.7 Å². The summed E-state index contributed by atoms with van der Waals surface area (Å²) in [7, 11) is 0. The van der Waals surface area contributed by atoms with E-state index >= 15 is 0 Å². The van der Waals surface area contributed by atoms with E-state index in [9.17, 15) is 0 Å². The van der Waals surface area contributed by atoms with Gasteiger partial charge in [0.05, 0.1) is 5.52 Å². The zero-order valence-corrected chi connectivity index (χ0v) is 10.2. The molecular weight excluding hydrogens is 228 g/mol. The molecule has 1 aliphatic rings. The third kappa shape index (κ3) is 2.56. The maximum absolute atomic E-state index is 4.42. The standard InChI is InChI=1S/C12H14N4.H4N2/c1-2-4-11-10(3-1)12(15-9-14-11)16-7-5-13-6-8-16;1-2/h1-4,9,13H,5-8H2;1-2H2. The quantitative estimate of drug-likeness (QED) is 0.479. The first kappa shape index (κ1) is 12.7. The first-order valence-corrected chi connectivity index (χ1v) is 5.94. The van der Waals surface area contributed by atoms with Crippen molar-refractivity contribution in [3.8, 4) is 0 Å². The van der Waals surface area contributed by atoms with Gasteiger partial charge < -0.3 is 10.2 Å². The van der Waals surface area contributed by atoms with E-state index in [2.05, 4.69) is 37.9 Å². The molecule has 1 aliphatic heterocycles. The molecule has 2 heterocycles. The van der Waals surface area contributed by atoms with Crippen LogP contribution in [0.2, 0.25) is 0 Å². The SMILES string of the molecule is NN.c1ccc2c(N3CCNCC3)ncnc2c1. The van der Waals surface area contributed by atoms with E-state index in [-0.39, 0.29) is 0 Å². The highest BCUT2D eigenvalue weighted by molar-refractivity contribution is 5.89. The summed E-state index contributed by atoms with van der Waals surface area (Å²) in [6, 6.07) is 8.17. The Balaban J connectivity index is 0.000000574. The highest BCUT2D eigenvalue weighted by Crippen LogP contribution is 2.22. The van der Waals surface area contributed by atoms with Gasteiger partial charge in [-0.25, -0.2) is 9.97 Å². The number of benzene rings is 1. The van der Waals surface area contributed by atoms with Gasteiger partial charge in [0.2, 0.25) is 0 Å². The van der Waals surface area contributed by atoms with Crippen LogP contribution in [0.1, 0.15) is 0 Å². The van der Waals surface area contributed by atoms with E-state index in [1.165, 1.54) is 0 Å². The van der Waals surface area contributed by atoms with Crippen LogP contribution in [0.3, 0.4) is 0 Å². The number of aromatic nitrogens is 2. The van der Waals surface area contributed by atoms with E-state index in [1.54, 1.807) is 6.33 Å². The van der Waals surface area contributed by atoms with Gasteiger partial charge in [-0.2, -0.15) is 0 Å². The number of anilines is 1. The van der Waals surface area contributed by atoms with Crippen molar-refractivity contribution in [2.24, 2.45) is 11.7 Å². The monoisotopic (exact) mass is 246 g/mol. The lowest BCUT2D eigenvalue weighted by Gasteiger charge is -2.29. The van der Waals surface area contributed by atoms with Gasteiger partial charge in [-0.1, -0.05) is 12.1 Å². The molecule has 6 heteroatoms.